The van der Waals surface area contributed by atoms with Crippen molar-refractivity contribution in [3.05, 3.63) is 107 Å². The summed E-state index contributed by atoms with van der Waals surface area (Å²) in [6, 6.07) is 23.7. The number of aryl methyl sites for hydroxylation is 2. The van der Waals surface area contributed by atoms with E-state index in [0.717, 1.165) is 16.7 Å². The molecule has 6 nitrogen and oxygen atoms in total. The molecule has 35 heavy (non-hydrogen) atoms. The van der Waals surface area contributed by atoms with Gasteiger partial charge in [-0.1, -0.05) is 65.7 Å². The molecule has 3 aromatic carbocycles. The Morgan fingerprint density at radius 2 is 1.37 bits per heavy atom. The van der Waals surface area contributed by atoms with Crippen molar-refractivity contribution < 1.29 is 28.9 Å². The van der Waals surface area contributed by atoms with E-state index in [1.54, 1.807) is 24.3 Å². The Balaban J connectivity index is 1.47. The number of rotatable bonds is 8. The highest BCUT2D eigenvalue weighted by Gasteiger charge is 2.47. The molecular weight excluding hydrogens is 464 g/mol. The summed E-state index contributed by atoms with van der Waals surface area (Å²) in [4.78, 5) is 25.4. The van der Waals surface area contributed by atoms with Crippen molar-refractivity contribution in [2.75, 3.05) is 6.61 Å². The summed E-state index contributed by atoms with van der Waals surface area (Å²) < 4.78 is 17.4. The average Bonchev–Trinajstić information content (AvgIpc) is 3.16. The van der Waals surface area contributed by atoms with E-state index in [2.05, 4.69) is 0 Å². The minimum Gasteiger partial charge on any atom is -0.461 e. The van der Waals surface area contributed by atoms with Crippen LogP contribution in [0.1, 0.15) is 37.4 Å². The van der Waals surface area contributed by atoms with Crippen molar-refractivity contribution in [3.8, 4) is 0 Å². The monoisotopic (exact) mass is 492 g/mol. The summed E-state index contributed by atoms with van der Waals surface area (Å²) in [5, 5.41) is 10.3. The van der Waals surface area contributed by atoms with Crippen LogP contribution in [0.5, 0.6) is 0 Å². The third-order valence-electron chi connectivity index (χ3n) is 5.77. The number of hydrogen-bond acceptors (Lipinski definition) is 7. The summed E-state index contributed by atoms with van der Waals surface area (Å²) in [6.45, 7) is 4.09. The van der Waals surface area contributed by atoms with Crippen LogP contribution < -0.4 is 0 Å². The first-order valence-corrected chi connectivity index (χ1v) is 12.4. The third kappa shape index (κ3) is 6.51. The Kier molecular flexibility index (Phi) is 8.23. The van der Waals surface area contributed by atoms with Gasteiger partial charge >= 0.3 is 11.9 Å². The topological polar surface area (TPSA) is 82.1 Å². The van der Waals surface area contributed by atoms with Crippen LogP contribution in [0.25, 0.3) is 0 Å². The smallest absolute Gasteiger partial charge is 0.338 e. The predicted molar refractivity (Wildman–Crippen MR) is 134 cm³/mol. The summed E-state index contributed by atoms with van der Waals surface area (Å²) in [5.41, 5.74) is 2.89. The van der Waals surface area contributed by atoms with Crippen molar-refractivity contribution in [2.24, 2.45) is 0 Å². The van der Waals surface area contributed by atoms with E-state index in [1.807, 2.05) is 68.4 Å². The van der Waals surface area contributed by atoms with Gasteiger partial charge in [0.15, 0.2) is 0 Å². The van der Waals surface area contributed by atoms with E-state index >= 15 is 0 Å². The molecule has 0 amide bonds. The first-order valence-electron chi connectivity index (χ1n) is 11.4. The summed E-state index contributed by atoms with van der Waals surface area (Å²) in [5.74, 6) is -0.995. The number of aliphatic hydroxyl groups is 1. The Hall–Kier alpha value is -3.13. The van der Waals surface area contributed by atoms with E-state index in [4.69, 9.17) is 14.2 Å². The molecule has 7 heteroatoms. The summed E-state index contributed by atoms with van der Waals surface area (Å²) in [6.07, 6.45) is -1.59. The third-order valence-corrected chi connectivity index (χ3v) is 7.07. The lowest BCUT2D eigenvalue weighted by atomic mass is 10.1. The molecule has 1 heterocycles. The molecule has 1 aliphatic heterocycles. The van der Waals surface area contributed by atoms with Gasteiger partial charge in [-0.05, 0) is 43.7 Å². The number of thioether (sulfide) groups is 1. The van der Waals surface area contributed by atoms with Crippen LogP contribution in [-0.4, -0.2) is 46.5 Å². The molecule has 0 bridgehead atoms. The second-order valence-corrected chi connectivity index (χ2v) is 9.89. The van der Waals surface area contributed by atoms with Crippen molar-refractivity contribution >= 4 is 23.7 Å². The van der Waals surface area contributed by atoms with E-state index in [0.29, 0.717) is 11.1 Å². The van der Waals surface area contributed by atoms with Crippen molar-refractivity contribution in [3.63, 3.8) is 0 Å². The summed E-state index contributed by atoms with van der Waals surface area (Å²) >= 11 is 1.17. The molecule has 0 radical (unpaired) electrons. The van der Waals surface area contributed by atoms with Gasteiger partial charge in [0.1, 0.15) is 24.3 Å². The highest BCUT2D eigenvalue weighted by Crippen LogP contribution is 2.38. The van der Waals surface area contributed by atoms with E-state index in [1.165, 1.54) is 11.8 Å². The lowest BCUT2D eigenvalue weighted by molar-refractivity contribution is -0.0821. The highest BCUT2D eigenvalue weighted by molar-refractivity contribution is 8.00. The molecule has 1 fully saturated rings. The number of hydrogen-bond donors (Lipinski definition) is 1. The SMILES string of the molecule is Cc1ccc(C(=O)OC[C@H]2SC(O)[C@H](OCc3ccccc3)[C@H]2OC(=O)c2ccc(C)cc2)cc1. The Bertz CT molecular complexity index is 1130. The van der Waals surface area contributed by atoms with Crippen molar-refractivity contribution in [1.82, 2.24) is 0 Å². The number of benzene rings is 3. The van der Waals surface area contributed by atoms with Crippen LogP contribution in [0.15, 0.2) is 78.9 Å². The molecule has 182 valence electrons. The minimum atomic E-state index is -0.947. The number of esters is 2. The first-order chi connectivity index (χ1) is 16.9. The number of ether oxygens (including phenoxy) is 3. The fraction of sp³-hybridized carbons (Fsp3) is 0.286. The average molecular weight is 493 g/mol. The zero-order chi connectivity index (χ0) is 24.8. The van der Waals surface area contributed by atoms with Crippen molar-refractivity contribution in [1.29, 1.82) is 0 Å². The standard InChI is InChI=1S/C28H28O6S/c1-18-8-12-21(13-9-18)26(29)33-17-23-24(34-27(30)22-14-10-19(2)11-15-22)25(28(31)35-23)32-16-20-6-4-3-5-7-20/h3-15,23-25,28,31H,16-17H2,1-2H3/t23-,24+,25-,28?/m1/s1. The van der Waals surface area contributed by atoms with Gasteiger partial charge in [0.05, 0.1) is 23.0 Å². The first kappa shape index (κ1) is 25.0. The fourth-order valence-electron chi connectivity index (χ4n) is 3.74. The van der Waals surface area contributed by atoms with Gasteiger partial charge in [-0.15, -0.1) is 11.8 Å². The van der Waals surface area contributed by atoms with Crippen LogP contribution in [0.2, 0.25) is 0 Å². The maximum atomic E-state index is 12.9. The van der Waals surface area contributed by atoms with Crippen LogP contribution in [-0.2, 0) is 20.8 Å². The maximum Gasteiger partial charge on any atom is 0.338 e. The number of aliphatic hydroxyl groups excluding tert-OH is 1. The van der Waals surface area contributed by atoms with Crippen LogP contribution in [0.4, 0.5) is 0 Å². The second kappa shape index (κ2) is 11.5. The molecule has 1 saturated heterocycles. The largest absolute Gasteiger partial charge is 0.461 e. The van der Waals surface area contributed by atoms with Gasteiger partial charge in [0.2, 0.25) is 0 Å². The quantitative estimate of drug-likeness (QED) is 0.456. The molecule has 0 saturated carbocycles. The molecule has 4 rings (SSSR count). The molecular formula is C28H28O6S. The molecule has 1 unspecified atom stereocenters. The van der Waals surface area contributed by atoms with Crippen LogP contribution >= 0.6 is 11.8 Å². The van der Waals surface area contributed by atoms with Gasteiger partial charge in [-0.3, -0.25) is 0 Å². The molecule has 3 aromatic rings. The molecule has 4 atom stereocenters. The van der Waals surface area contributed by atoms with Gasteiger partial charge in [-0.25, -0.2) is 9.59 Å². The molecule has 1 N–H and O–H groups in total. The van der Waals surface area contributed by atoms with E-state index in [-0.39, 0.29) is 13.2 Å². The maximum absolute atomic E-state index is 12.9. The lowest BCUT2D eigenvalue weighted by Gasteiger charge is -2.25. The molecule has 1 aliphatic rings. The van der Waals surface area contributed by atoms with Crippen LogP contribution in [0.3, 0.4) is 0 Å². The minimum absolute atomic E-state index is 0.0362. The van der Waals surface area contributed by atoms with E-state index in [9.17, 15) is 14.7 Å². The molecule has 0 aliphatic carbocycles. The molecule has 0 aromatic heterocycles. The Morgan fingerprint density at radius 3 is 1.97 bits per heavy atom. The van der Waals surface area contributed by atoms with Gasteiger partial charge < -0.3 is 19.3 Å². The highest BCUT2D eigenvalue weighted by atomic mass is 32.2. The molecule has 0 spiro atoms. The Labute approximate surface area is 209 Å². The Morgan fingerprint density at radius 1 is 0.800 bits per heavy atom. The van der Waals surface area contributed by atoms with Crippen molar-refractivity contribution in [2.45, 2.75) is 43.3 Å². The predicted octanol–water partition coefficient (Wildman–Crippen LogP) is 4.71. The van der Waals surface area contributed by atoms with Gasteiger partial charge in [0.25, 0.3) is 0 Å². The van der Waals surface area contributed by atoms with Crippen LogP contribution in [0, 0.1) is 13.8 Å². The fourth-order valence-corrected chi connectivity index (χ4v) is 5.00. The zero-order valence-electron chi connectivity index (χ0n) is 19.6. The normalized spacial score (nSPS) is 21.5. The number of carbonyl (C=O) groups is 2. The second-order valence-electron chi connectivity index (χ2n) is 8.53. The lowest BCUT2D eigenvalue weighted by Crippen LogP contribution is -2.40. The summed E-state index contributed by atoms with van der Waals surface area (Å²) in [7, 11) is 0. The zero-order valence-corrected chi connectivity index (χ0v) is 20.4. The van der Waals surface area contributed by atoms with Gasteiger partial charge in [0, 0.05) is 0 Å². The van der Waals surface area contributed by atoms with Gasteiger partial charge in [-0.2, -0.15) is 0 Å². The van der Waals surface area contributed by atoms with E-state index < -0.39 is 34.8 Å². The number of carbonyl (C=O) groups excluding carboxylic acids is 2.